The van der Waals surface area contributed by atoms with Gasteiger partial charge >= 0.3 is 11.8 Å². The number of fused-ring (bicyclic) bond motifs is 1. The van der Waals surface area contributed by atoms with E-state index in [-0.39, 0.29) is 5.69 Å². The second-order valence-corrected chi connectivity index (χ2v) is 10.1. The van der Waals surface area contributed by atoms with Crippen molar-refractivity contribution in [3.8, 4) is 0 Å². The van der Waals surface area contributed by atoms with Crippen LogP contribution in [-0.4, -0.2) is 22.4 Å². The summed E-state index contributed by atoms with van der Waals surface area (Å²) in [5.74, 6) is -2.23. The fraction of sp³-hybridized carbons (Fsp3) is 0.0417. The van der Waals surface area contributed by atoms with E-state index >= 15 is 0 Å². The van der Waals surface area contributed by atoms with Crippen molar-refractivity contribution in [3.05, 3.63) is 91.4 Å². The standard InChI is InChI=1S/C24H17Br3N4O3/c1-13-10-18(7-8-19(13)27)29-22(32)21-12-14-11-16(26)4-9-20(14)31(21)30-24(34)23(33)28-17-5-2-15(25)3-6-17/h2-12H,1H3,(H,28,33)(H,29,32)(H,30,34). The van der Waals surface area contributed by atoms with Crippen LogP contribution in [0.5, 0.6) is 0 Å². The number of halogens is 3. The minimum Gasteiger partial charge on any atom is -0.321 e. The van der Waals surface area contributed by atoms with Gasteiger partial charge in [0.15, 0.2) is 0 Å². The number of nitrogens with one attached hydrogen (secondary N) is 3. The molecule has 0 atom stereocenters. The average Bonchev–Trinajstić information content (AvgIpc) is 3.15. The topological polar surface area (TPSA) is 92.2 Å². The zero-order valence-corrected chi connectivity index (χ0v) is 22.4. The van der Waals surface area contributed by atoms with Gasteiger partial charge in [-0.05, 0) is 79.2 Å². The van der Waals surface area contributed by atoms with Crippen molar-refractivity contribution < 1.29 is 14.4 Å². The lowest BCUT2D eigenvalue weighted by Gasteiger charge is -2.13. The summed E-state index contributed by atoms with van der Waals surface area (Å²) in [6, 6.07) is 19.3. The Hall–Kier alpha value is -2.95. The van der Waals surface area contributed by atoms with Gasteiger partial charge in [-0.3, -0.25) is 19.8 Å². The van der Waals surface area contributed by atoms with Gasteiger partial charge in [0.2, 0.25) is 0 Å². The quantitative estimate of drug-likeness (QED) is 0.230. The predicted octanol–water partition coefficient (Wildman–Crippen LogP) is 6.20. The number of aryl methyl sites for hydroxylation is 1. The van der Waals surface area contributed by atoms with Gasteiger partial charge in [0.25, 0.3) is 5.91 Å². The Morgan fingerprint density at radius 2 is 1.41 bits per heavy atom. The summed E-state index contributed by atoms with van der Waals surface area (Å²) in [5.41, 5.74) is 5.29. The first-order chi connectivity index (χ1) is 16.2. The summed E-state index contributed by atoms with van der Waals surface area (Å²) in [4.78, 5) is 38.4. The lowest BCUT2D eigenvalue weighted by molar-refractivity contribution is -0.133. The maximum Gasteiger partial charge on any atom is 0.328 e. The molecule has 0 aliphatic rings. The number of hydrogen-bond donors (Lipinski definition) is 3. The summed E-state index contributed by atoms with van der Waals surface area (Å²) in [6.45, 7) is 1.92. The third kappa shape index (κ3) is 5.40. The number of amides is 3. The van der Waals surface area contributed by atoms with Gasteiger partial charge < -0.3 is 10.6 Å². The van der Waals surface area contributed by atoms with Gasteiger partial charge in [0, 0.05) is 30.2 Å². The van der Waals surface area contributed by atoms with E-state index in [9.17, 15) is 14.4 Å². The van der Waals surface area contributed by atoms with Gasteiger partial charge in [-0.25, -0.2) is 4.68 Å². The van der Waals surface area contributed by atoms with Gasteiger partial charge in [-0.15, -0.1) is 0 Å². The molecule has 1 heterocycles. The van der Waals surface area contributed by atoms with Crippen LogP contribution in [0.1, 0.15) is 16.1 Å². The molecule has 3 amide bonds. The van der Waals surface area contributed by atoms with Crippen molar-refractivity contribution in [3.63, 3.8) is 0 Å². The molecule has 0 saturated heterocycles. The predicted molar refractivity (Wildman–Crippen MR) is 144 cm³/mol. The van der Waals surface area contributed by atoms with Gasteiger partial charge in [-0.2, -0.15) is 0 Å². The molecule has 3 N–H and O–H groups in total. The molecule has 0 spiro atoms. The normalized spacial score (nSPS) is 10.7. The number of aromatic nitrogens is 1. The van der Waals surface area contributed by atoms with Crippen LogP contribution in [0.4, 0.5) is 11.4 Å². The van der Waals surface area contributed by atoms with E-state index in [4.69, 9.17) is 0 Å². The Bertz CT molecular complexity index is 1430. The summed E-state index contributed by atoms with van der Waals surface area (Å²) in [5, 5.41) is 6.09. The Labute approximate surface area is 220 Å². The second kappa shape index (κ2) is 10.1. The molecule has 7 nitrogen and oxygen atoms in total. The Kier molecular flexibility index (Phi) is 7.20. The van der Waals surface area contributed by atoms with Crippen molar-refractivity contribution in [1.29, 1.82) is 0 Å². The first-order valence-corrected chi connectivity index (χ1v) is 12.4. The molecule has 4 aromatic rings. The number of carbonyl (C=O) groups is 3. The largest absolute Gasteiger partial charge is 0.328 e. The summed E-state index contributed by atoms with van der Waals surface area (Å²) >= 11 is 10.2. The SMILES string of the molecule is Cc1cc(NC(=O)c2cc3cc(Br)ccc3n2NC(=O)C(=O)Nc2ccc(Br)cc2)ccc1Br. The highest BCUT2D eigenvalue weighted by Crippen LogP contribution is 2.25. The Balaban J connectivity index is 1.62. The van der Waals surface area contributed by atoms with Crippen molar-refractivity contribution >= 4 is 87.8 Å². The van der Waals surface area contributed by atoms with E-state index in [1.165, 1.54) is 4.68 Å². The smallest absolute Gasteiger partial charge is 0.321 e. The van der Waals surface area contributed by atoms with Gasteiger partial charge in [0.1, 0.15) is 5.69 Å². The van der Waals surface area contributed by atoms with E-state index in [1.807, 2.05) is 25.1 Å². The van der Waals surface area contributed by atoms with Crippen molar-refractivity contribution in [2.75, 3.05) is 16.1 Å². The van der Waals surface area contributed by atoms with Crippen LogP contribution < -0.4 is 16.1 Å². The fourth-order valence-electron chi connectivity index (χ4n) is 3.26. The number of benzene rings is 3. The molecule has 0 fully saturated rings. The van der Waals surface area contributed by atoms with Crippen LogP contribution in [0.3, 0.4) is 0 Å². The molecule has 3 aromatic carbocycles. The third-order valence-corrected chi connectivity index (χ3v) is 6.85. The van der Waals surface area contributed by atoms with Crippen molar-refractivity contribution in [2.45, 2.75) is 6.92 Å². The molecule has 0 bridgehead atoms. The number of hydrogen-bond acceptors (Lipinski definition) is 3. The molecule has 0 unspecified atom stereocenters. The fourth-order valence-corrected chi connectivity index (χ4v) is 4.15. The van der Waals surface area contributed by atoms with Crippen LogP contribution in [0, 0.1) is 6.92 Å². The number of carbonyl (C=O) groups excluding carboxylic acids is 3. The highest BCUT2D eigenvalue weighted by Gasteiger charge is 2.21. The Morgan fingerprint density at radius 3 is 2.12 bits per heavy atom. The summed E-state index contributed by atoms with van der Waals surface area (Å²) in [7, 11) is 0. The monoisotopic (exact) mass is 646 g/mol. The van der Waals surface area contributed by atoms with Gasteiger partial charge in [0.05, 0.1) is 5.52 Å². The van der Waals surface area contributed by atoms with Crippen LogP contribution >= 0.6 is 47.8 Å². The molecule has 4 rings (SSSR count). The molecular weight excluding hydrogens is 632 g/mol. The van der Waals surface area contributed by atoms with E-state index in [0.29, 0.717) is 22.3 Å². The molecule has 0 saturated carbocycles. The Morgan fingerprint density at radius 1 is 0.735 bits per heavy atom. The summed E-state index contributed by atoms with van der Waals surface area (Å²) in [6.07, 6.45) is 0. The molecule has 172 valence electrons. The molecule has 0 aliphatic carbocycles. The highest BCUT2D eigenvalue weighted by atomic mass is 79.9. The van der Waals surface area contributed by atoms with Crippen LogP contribution in [0.2, 0.25) is 0 Å². The molecular formula is C24H17Br3N4O3. The maximum atomic E-state index is 13.1. The van der Waals surface area contributed by atoms with E-state index < -0.39 is 17.7 Å². The van der Waals surface area contributed by atoms with E-state index in [0.717, 1.165) is 19.0 Å². The summed E-state index contributed by atoms with van der Waals surface area (Å²) < 4.78 is 3.89. The van der Waals surface area contributed by atoms with Crippen molar-refractivity contribution in [1.82, 2.24) is 4.68 Å². The zero-order chi connectivity index (χ0) is 24.4. The third-order valence-electron chi connectivity index (χ3n) is 4.93. The minimum absolute atomic E-state index is 0.165. The maximum absolute atomic E-state index is 13.1. The first kappa shape index (κ1) is 24.2. The van der Waals surface area contributed by atoms with Gasteiger partial charge in [-0.1, -0.05) is 47.8 Å². The molecule has 0 radical (unpaired) electrons. The molecule has 10 heteroatoms. The molecule has 0 aliphatic heterocycles. The van der Waals surface area contributed by atoms with Crippen molar-refractivity contribution in [2.24, 2.45) is 0 Å². The zero-order valence-electron chi connectivity index (χ0n) is 17.7. The van der Waals surface area contributed by atoms with Crippen LogP contribution in [0.15, 0.2) is 80.1 Å². The lowest BCUT2D eigenvalue weighted by atomic mass is 10.2. The van der Waals surface area contributed by atoms with Crippen LogP contribution in [0.25, 0.3) is 10.9 Å². The first-order valence-electron chi connectivity index (χ1n) is 9.97. The number of anilines is 2. The van der Waals surface area contributed by atoms with E-state index in [2.05, 4.69) is 63.8 Å². The number of nitrogens with zero attached hydrogens (tertiary/aromatic N) is 1. The van der Waals surface area contributed by atoms with E-state index in [1.54, 1.807) is 48.5 Å². The molecule has 34 heavy (non-hydrogen) atoms. The van der Waals surface area contributed by atoms with Crippen LogP contribution in [-0.2, 0) is 9.59 Å². The lowest BCUT2D eigenvalue weighted by Crippen LogP contribution is -2.36. The second-order valence-electron chi connectivity index (χ2n) is 7.39. The average molecular weight is 649 g/mol. The highest BCUT2D eigenvalue weighted by molar-refractivity contribution is 9.11. The minimum atomic E-state index is -0.920. The molecule has 1 aromatic heterocycles. The number of rotatable bonds is 4.